The molecule has 132 valence electrons. The summed E-state index contributed by atoms with van der Waals surface area (Å²) in [5.74, 6) is -0.495. The Labute approximate surface area is 138 Å². The monoisotopic (exact) mass is 345 g/mol. The molecule has 2 rings (SSSR count). The van der Waals surface area contributed by atoms with Crippen LogP contribution in [0.4, 0.5) is 0 Å². The Morgan fingerprint density at radius 1 is 1.13 bits per heavy atom. The number of sulfone groups is 1. The summed E-state index contributed by atoms with van der Waals surface area (Å²) in [5, 5.41) is -0.421. The lowest BCUT2D eigenvalue weighted by molar-refractivity contribution is -0.156. The van der Waals surface area contributed by atoms with E-state index in [1.807, 2.05) is 0 Å². The number of hydrogen-bond donors (Lipinski definition) is 0. The Kier molecular flexibility index (Phi) is 5.38. The van der Waals surface area contributed by atoms with Crippen molar-refractivity contribution in [1.82, 2.24) is 4.90 Å². The number of rotatable bonds is 3. The maximum absolute atomic E-state index is 12.5. The van der Waals surface area contributed by atoms with Gasteiger partial charge in [0.1, 0.15) is 5.60 Å². The van der Waals surface area contributed by atoms with Gasteiger partial charge in [0.15, 0.2) is 9.84 Å². The van der Waals surface area contributed by atoms with Crippen molar-refractivity contribution in [1.29, 1.82) is 0 Å². The molecule has 0 aromatic rings. The predicted molar refractivity (Wildman–Crippen MR) is 86.6 cm³/mol. The Hall–Kier alpha value is -1.11. The first kappa shape index (κ1) is 18.2. The maximum atomic E-state index is 12.5. The zero-order valence-corrected chi connectivity index (χ0v) is 15.0. The summed E-state index contributed by atoms with van der Waals surface area (Å²) >= 11 is 0. The molecule has 1 saturated heterocycles. The molecule has 0 bridgehead atoms. The number of hydrogen-bond acceptors (Lipinski definition) is 5. The number of fused-ring (bicyclic) bond motifs is 1. The normalized spacial score (nSPS) is 27.2. The van der Waals surface area contributed by atoms with Gasteiger partial charge in [0, 0.05) is 19.0 Å². The van der Waals surface area contributed by atoms with Crippen LogP contribution >= 0.6 is 0 Å². The average Bonchev–Trinajstić information content (AvgIpc) is 2.43. The fourth-order valence-electron chi connectivity index (χ4n) is 3.45. The lowest BCUT2D eigenvalue weighted by Gasteiger charge is -2.43. The number of amides is 1. The van der Waals surface area contributed by atoms with E-state index in [1.165, 1.54) is 0 Å². The molecule has 1 amide bonds. The molecule has 7 heteroatoms. The Bertz CT molecular complexity index is 564. The van der Waals surface area contributed by atoms with Gasteiger partial charge in [0.05, 0.1) is 17.4 Å². The summed E-state index contributed by atoms with van der Waals surface area (Å²) in [6, 6.07) is -0.214. The summed E-state index contributed by atoms with van der Waals surface area (Å²) in [5.41, 5.74) is -0.562. The van der Waals surface area contributed by atoms with Crippen LogP contribution in [0.3, 0.4) is 0 Å². The highest BCUT2D eigenvalue weighted by Gasteiger charge is 2.44. The lowest BCUT2D eigenvalue weighted by atomic mass is 9.93. The summed E-state index contributed by atoms with van der Waals surface area (Å²) in [4.78, 5) is 25.9. The van der Waals surface area contributed by atoms with E-state index in [1.54, 1.807) is 25.7 Å². The van der Waals surface area contributed by atoms with Crippen LogP contribution in [0, 0.1) is 0 Å². The third-order valence-electron chi connectivity index (χ3n) is 4.43. The molecule has 0 aromatic carbocycles. The van der Waals surface area contributed by atoms with Gasteiger partial charge in [-0.3, -0.25) is 9.59 Å². The van der Waals surface area contributed by atoms with Crippen molar-refractivity contribution in [3.8, 4) is 0 Å². The Morgan fingerprint density at radius 3 is 2.43 bits per heavy atom. The van der Waals surface area contributed by atoms with Crippen LogP contribution in [-0.4, -0.2) is 54.4 Å². The van der Waals surface area contributed by atoms with Crippen LogP contribution in [0.2, 0.25) is 0 Å². The standard InChI is InChI=1S/C16H27NO5S/c1-16(2,3)22-15(19)9-8-14(18)17-10-11-23(20,21)13-7-5-4-6-12(13)17/h12-13H,4-11H2,1-3H3/t12-,13-/m1/s1. The number of esters is 1. The highest BCUT2D eigenvalue weighted by molar-refractivity contribution is 7.92. The summed E-state index contributed by atoms with van der Waals surface area (Å²) in [7, 11) is -3.09. The number of carbonyl (C=O) groups is 2. The zero-order valence-electron chi connectivity index (χ0n) is 14.2. The second kappa shape index (κ2) is 6.79. The van der Waals surface area contributed by atoms with Crippen molar-refractivity contribution < 1.29 is 22.7 Å². The molecule has 2 aliphatic rings. The van der Waals surface area contributed by atoms with Crippen molar-refractivity contribution in [2.75, 3.05) is 12.3 Å². The van der Waals surface area contributed by atoms with Gasteiger partial charge in [-0.05, 0) is 33.6 Å². The number of ether oxygens (including phenoxy) is 1. The van der Waals surface area contributed by atoms with Crippen molar-refractivity contribution >= 4 is 21.7 Å². The van der Waals surface area contributed by atoms with Crippen molar-refractivity contribution in [2.24, 2.45) is 0 Å². The van der Waals surface area contributed by atoms with Crippen molar-refractivity contribution in [3.05, 3.63) is 0 Å². The van der Waals surface area contributed by atoms with Gasteiger partial charge in [-0.15, -0.1) is 0 Å². The summed E-state index contributed by atoms with van der Waals surface area (Å²) in [6.07, 6.45) is 3.35. The molecular weight excluding hydrogens is 318 g/mol. The van der Waals surface area contributed by atoms with E-state index in [-0.39, 0.29) is 37.1 Å². The van der Waals surface area contributed by atoms with Crippen LogP contribution < -0.4 is 0 Å². The first-order valence-electron chi connectivity index (χ1n) is 8.33. The fourth-order valence-corrected chi connectivity index (χ4v) is 5.49. The van der Waals surface area contributed by atoms with Crippen molar-refractivity contribution in [3.63, 3.8) is 0 Å². The molecular formula is C16H27NO5S. The predicted octanol–water partition coefficient (Wildman–Crippen LogP) is 1.68. The van der Waals surface area contributed by atoms with E-state index in [0.29, 0.717) is 6.42 Å². The van der Waals surface area contributed by atoms with Crippen LogP contribution in [0.15, 0.2) is 0 Å². The Morgan fingerprint density at radius 2 is 1.78 bits per heavy atom. The van der Waals surface area contributed by atoms with Crippen molar-refractivity contribution in [2.45, 2.75) is 76.2 Å². The molecule has 2 atom stereocenters. The van der Waals surface area contributed by atoms with E-state index in [9.17, 15) is 18.0 Å². The van der Waals surface area contributed by atoms with Crippen LogP contribution in [0.5, 0.6) is 0 Å². The first-order chi connectivity index (χ1) is 10.6. The highest BCUT2D eigenvalue weighted by atomic mass is 32.2. The largest absolute Gasteiger partial charge is 0.460 e. The minimum Gasteiger partial charge on any atom is -0.460 e. The van der Waals surface area contributed by atoms with Gasteiger partial charge in [-0.25, -0.2) is 8.42 Å². The molecule has 0 aromatic heterocycles. The third kappa shape index (κ3) is 4.68. The SMILES string of the molecule is CC(C)(C)OC(=O)CCC(=O)N1CCS(=O)(=O)[C@@H]2CCCC[C@H]21. The molecule has 0 unspecified atom stereocenters. The van der Waals surface area contributed by atoms with E-state index in [0.717, 1.165) is 19.3 Å². The second-order valence-electron chi connectivity index (χ2n) is 7.43. The van der Waals surface area contributed by atoms with E-state index in [2.05, 4.69) is 0 Å². The first-order valence-corrected chi connectivity index (χ1v) is 10.0. The molecule has 1 aliphatic carbocycles. The lowest BCUT2D eigenvalue weighted by Crippen LogP contribution is -2.57. The molecule has 1 saturated carbocycles. The maximum Gasteiger partial charge on any atom is 0.306 e. The molecule has 0 radical (unpaired) electrons. The summed E-state index contributed by atoms with van der Waals surface area (Å²) in [6.45, 7) is 5.61. The van der Waals surface area contributed by atoms with Gasteiger partial charge in [0.25, 0.3) is 0 Å². The van der Waals surface area contributed by atoms with Gasteiger partial charge in [-0.1, -0.05) is 12.8 Å². The zero-order chi connectivity index (χ0) is 17.3. The highest BCUT2D eigenvalue weighted by Crippen LogP contribution is 2.32. The topological polar surface area (TPSA) is 80.8 Å². The molecule has 6 nitrogen and oxygen atoms in total. The number of carbonyl (C=O) groups excluding carboxylic acids is 2. The smallest absolute Gasteiger partial charge is 0.306 e. The van der Waals surface area contributed by atoms with Crippen LogP contribution in [0.25, 0.3) is 0 Å². The average molecular weight is 345 g/mol. The minimum atomic E-state index is -3.09. The number of nitrogens with zero attached hydrogens (tertiary/aromatic N) is 1. The fraction of sp³-hybridized carbons (Fsp3) is 0.875. The van der Waals surface area contributed by atoms with Crippen LogP contribution in [-0.2, 0) is 24.2 Å². The molecule has 1 aliphatic heterocycles. The quantitative estimate of drug-likeness (QED) is 0.727. The Balaban J connectivity index is 1.95. The van der Waals surface area contributed by atoms with E-state index in [4.69, 9.17) is 4.74 Å². The third-order valence-corrected chi connectivity index (χ3v) is 6.65. The van der Waals surface area contributed by atoms with Gasteiger partial charge < -0.3 is 9.64 Å². The molecule has 1 heterocycles. The minimum absolute atomic E-state index is 0.0341. The van der Waals surface area contributed by atoms with E-state index < -0.39 is 26.7 Å². The van der Waals surface area contributed by atoms with E-state index >= 15 is 0 Å². The second-order valence-corrected chi connectivity index (χ2v) is 9.77. The summed E-state index contributed by atoms with van der Waals surface area (Å²) < 4.78 is 29.6. The van der Waals surface area contributed by atoms with Gasteiger partial charge in [0.2, 0.25) is 5.91 Å². The van der Waals surface area contributed by atoms with Gasteiger partial charge in [-0.2, -0.15) is 0 Å². The molecule has 0 N–H and O–H groups in total. The molecule has 23 heavy (non-hydrogen) atoms. The van der Waals surface area contributed by atoms with Crippen LogP contribution in [0.1, 0.15) is 59.3 Å². The molecule has 0 spiro atoms. The van der Waals surface area contributed by atoms with Gasteiger partial charge >= 0.3 is 5.97 Å². The molecule has 2 fully saturated rings.